The van der Waals surface area contributed by atoms with Gasteiger partial charge in [-0.15, -0.1) is 0 Å². The van der Waals surface area contributed by atoms with Crippen molar-refractivity contribution in [2.24, 2.45) is 0 Å². The van der Waals surface area contributed by atoms with Crippen molar-refractivity contribution < 1.29 is 24.9 Å². The molecule has 19 heavy (non-hydrogen) atoms. The molecule has 6 nitrogen and oxygen atoms in total. The molecule has 1 aliphatic heterocycles. The zero-order chi connectivity index (χ0) is 14.0. The zero-order valence-corrected chi connectivity index (χ0v) is 10.5. The second-order valence-corrected chi connectivity index (χ2v) is 4.58. The van der Waals surface area contributed by atoms with Crippen LogP contribution in [0.15, 0.2) is 24.3 Å². The van der Waals surface area contributed by atoms with Gasteiger partial charge in [-0.2, -0.15) is 0 Å². The molecule has 1 saturated heterocycles. The third-order valence-electron chi connectivity index (χ3n) is 3.10. The van der Waals surface area contributed by atoms with Crippen LogP contribution in [-0.4, -0.2) is 52.2 Å². The largest absolute Gasteiger partial charge is 0.388 e. The number of ketones is 1. The summed E-state index contributed by atoms with van der Waals surface area (Å²) in [5, 5.41) is 31.5. The van der Waals surface area contributed by atoms with Crippen molar-refractivity contribution in [2.45, 2.75) is 31.5 Å². The van der Waals surface area contributed by atoms with E-state index in [0.717, 1.165) is 0 Å². The van der Waals surface area contributed by atoms with Crippen LogP contribution in [0.1, 0.15) is 17.3 Å². The van der Waals surface area contributed by atoms with Gasteiger partial charge in [0.05, 0.1) is 6.61 Å². The maximum atomic E-state index is 11.1. The van der Waals surface area contributed by atoms with E-state index in [1.807, 2.05) is 0 Å². The number of rotatable bonds is 3. The number of benzene rings is 1. The molecule has 4 atom stereocenters. The summed E-state index contributed by atoms with van der Waals surface area (Å²) in [6.07, 6.45) is -4.37. The first-order valence-electron chi connectivity index (χ1n) is 6.02. The number of Topliss-reactive ketones (excluding diaryl/α,β-unsaturated/α-hetero) is 1. The molecule has 0 aromatic heterocycles. The summed E-state index contributed by atoms with van der Waals surface area (Å²) in [6.45, 7) is 1.43. The van der Waals surface area contributed by atoms with Gasteiger partial charge in [0.15, 0.2) is 12.0 Å². The summed E-state index contributed by atoms with van der Waals surface area (Å²) in [7, 11) is 0. The molecule has 6 heteroatoms. The fourth-order valence-corrected chi connectivity index (χ4v) is 1.90. The van der Waals surface area contributed by atoms with Crippen LogP contribution in [0.4, 0.5) is 5.69 Å². The van der Waals surface area contributed by atoms with Gasteiger partial charge in [-0.25, -0.2) is 0 Å². The van der Waals surface area contributed by atoms with Crippen LogP contribution in [0, 0.1) is 0 Å². The van der Waals surface area contributed by atoms with Gasteiger partial charge in [0, 0.05) is 11.3 Å². The summed E-state index contributed by atoms with van der Waals surface area (Å²) in [6, 6.07) is 6.69. The van der Waals surface area contributed by atoms with Gasteiger partial charge in [0.25, 0.3) is 0 Å². The topological polar surface area (TPSA) is 99.0 Å². The number of anilines is 1. The van der Waals surface area contributed by atoms with Crippen molar-refractivity contribution in [3.63, 3.8) is 0 Å². The Morgan fingerprint density at radius 2 is 1.84 bits per heavy atom. The van der Waals surface area contributed by atoms with E-state index < -0.39 is 24.5 Å². The first kappa shape index (κ1) is 14.0. The SMILES string of the molecule is CC(=O)c1ccc(N[C@H]2OC[C@H](O)[C@@H](O)[C@@H]2O)cc1. The lowest BCUT2D eigenvalue weighted by molar-refractivity contribution is -0.178. The summed E-state index contributed by atoms with van der Waals surface area (Å²) < 4.78 is 5.22. The van der Waals surface area contributed by atoms with E-state index in [1.165, 1.54) is 6.92 Å². The van der Waals surface area contributed by atoms with Crippen molar-refractivity contribution in [3.8, 4) is 0 Å². The normalized spacial score (nSPS) is 30.9. The highest BCUT2D eigenvalue weighted by Gasteiger charge is 2.37. The molecule has 0 bridgehead atoms. The summed E-state index contributed by atoms with van der Waals surface area (Å²) in [5.74, 6) is -0.0287. The van der Waals surface area contributed by atoms with Gasteiger partial charge >= 0.3 is 0 Å². The van der Waals surface area contributed by atoms with Crippen LogP contribution in [0.2, 0.25) is 0 Å². The van der Waals surface area contributed by atoms with Crippen LogP contribution in [0.3, 0.4) is 0 Å². The van der Waals surface area contributed by atoms with Gasteiger partial charge in [0.1, 0.15) is 18.3 Å². The molecule has 1 fully saturated rings. The Kier molecular flexibility index (Phi) is 4.16. The van der Waals surface area contributed by atoms with Crippen LogP contribution >= 0.6 is 0 Å². The molecule has 1 heterocycles. The van der Waals surface area contributed by atoms with Crippen LogP contribution < -0.4 is 5.32 Å². The second kappa shape index (κ2) is 5.66. The number of hydrogen-bond donors (Lipinski definition) is 4. The Morgan fingerprint density at radius 3 is 2.42 bits per heavy atom. The molecule has 104 valence electrons. The van der Waals surface area contributed by atoms with E-state index in [0.29, 0.717) is 11.3 Å². The van der Waals surface area contributed by atoms with Gasteiger partial charge in [-0.3, -0.25) is 4.79 Å². The average Bonchev–Trinajstić information content (AvgIpc) is 2.40. The molecule has 1 aliphatic rings. The monoisotopic (exact) mass is 267 g/mol. The molecule has 1 aromatic rings. The fraction of sp³-hybridized carbons (Fsp3) is 0.462. The fourth-order valence-electron chi connectivity index (χ4n) is 1.90. The van der Waals surface area contributed by atoms with Crippen LogP contribution in [0.25, 0.3) is 0 Å². The molecular weight excluding hydrogens is 250 g/mol. The third-order valence-corrected chi connectivity index (χ3v) is 3.10. The first-order chi connectivity index (χ1) is 8.99. The summed E-state index contributed by atoms with van der Waals surface area (Å²) in [4.78, 5) is 11.1. The predicted octanol–water partition coefficient (Wildman–Crippen LogP) is -0.260. The molecule has 4 N–H and O–H groups in total. The molecule has 0 amide bonds. The minimum absolute atomic E-state index is 0.0287. The quantitative estimate of drug-likeness (QED) is 0.563. The smallest absolute Gasteiger partial charge is 0.159 e. The molecule has 1 aromatic carbocycles. The Labute approximate surface area is 110 Å². The number of hydrogen-bond acceptors (Lipinski definition) is 6. The third kappa shape index (κ3) is 3.10. The van der Waals surface area contributed by atoms with E-state index in [2.05, 4.69) is 5.32 Å². The van der Waals surface area contributed by atoms with Gasteiger partial charge in [-0.1, -0.05) is 0 Å². The number of carbonyl (C=O) groups excluding carboxylic acids is 1. The predicted molar refractivity (Wildman–Crippen MR) is 67.8 cm³/mol. The summed E-state index contributed by atoms with van der Waals surface area (Å²) >= 11 is 0. The highest BCUT2D eigenvalue weighted by atomic mass is 16.5. The maximum absolute atomic E-state index is 11.1. The van der Waals surface area contributed by atoms with Gasteiger partial charge < -0.3 is 25.4 Å². The zero-order valence-electron chi connectivity index (χ0n) is 10.5. The van der Waals surface area contributed by atoms with E-state index in [1.54, 1.807) is 24.3 Å². The standard InChI is InChI=1S/C13H17NO5/c1-7(15)8-2-4-9(5-3-8)14-13-12(18)11(17)10(16)6-19-13/h2-5,10-14,16-18H,6H2,1H3/t10-,11+,12-,13-/m0/s1. The Hall–Kier alpha value is -1.47. The van der Waals surface area contributed by atoms with Crippen molar-refractivity contribution in [1.29, 1.82) is 0 Å². The Bertz CT molecular complexity index is 447. The molecule has 0 unspecified atom stereocenters. The van der Waals surface area contributed by atoms with Crippen LogP contribution in [0.5, 0.6) is 0 Å². The first-order valence-corrected chi connectivity index (χ1v) is 6.02. The molecule has 0 spiro atoms. The molecule has 0 aliphatic carbocycles. The maximum Gasteiger partial charge on any atom is 0.159 e. The van der Waals surface area contributed by atoms with E-state index in [4.69, 9.17) is 4.74 Å². The van der Waals surface area contributed by atoms with E-state index >= 15 is 0 Å². The molecular formula is C13H17NO5. The van der Waals surface area contributed by atoms with Crippen molar-refractivity contribution in [2.75, 3.05) is 11.9 Å². The van der Waals surface area contributed by atoms with Crippen molar-refractivity contribution in [1.82, 2.24) is 0 Å². The van der Waals surface area contributed by atoms with Crippen molar-refractivity contribution in [3.05, 3.63) is 29.8 Å². The lowest BCUT2D eigenvalue weighted by Gasteiger charge is -2.35. The second-order valence-electron chi connectivity index (χ2n) is 4.58. The van der Waals surface area contributed by atoms with Crippen LogP contribution in [-0.2, 0) is 4.74 Å². The lowest BCUT2D eigenvalue weighted by Crippen LogP contribution is -2.55. The van der Waals surface area contributed by atoms with E-state index in [-0.39, 0.29) is 12.4 Å². The number of aliphatic hydroxyl groups is 3. The Balaban J connectivity index is 2.03. The summed E-state index contributed by atoms with van der Waals surface area (Å²) in [5.41, 5.74) is 1.24. The van der Waals surface area contributed by atoms with Gasteiger partial charge in [0.2, 0.25) is 0 Å². The lowest BCUT2D eigenvalue weighted by atomic mass is 10.0. The van der Waals surface area contributed by atoms with Crippen molar-refractivity contribution >= 4 is 11.5 Å². The van der Waals surface area contributed by atoms with E-state index in [9.17, 15) is 20.1 Å². The average molecular weight is 267 g/mol. The highest BCUT2D eigenvalue weighted by molar-refractivity contribution is 5.94. The number of nitrogens with one attached hydrogen (secondary N) is 1. The molecule has 0 saturated carbocycles. The minimum atomic E-state index is -1.25. The minimum Gasteiger partial charge on any atom is -0.388 e. The highest BCUT2D eigenvalue weighted by Crippen LogP contribution is 2.19. The Morgan fingerprint density at radius 1 is 1.21 bits per heavy atom. The molecule has 0 radical (unpaired) electrons. The number of aliphatic hydroxyl groups excluding tert-OH is 3. The number of ether oxygens (including phenoxy) is 1. The van der Waals surface area contributed by atoms with Gasteiger partial charge in [-0.05, 0) is 31.2 Å². The molecule has 2 rings (SSSR count). The number of carbonyl (C=O) groups is 1.